The summed E-state index contributed by atoms with van der Waals surface area (Å²) in [6.07, 6.45) is 9.25. The fraction of sp³-hybridized carbons (Fsp3) is 0.520. The number of piperidine rings is 1. The van der Waals surface area contributed by atoms with Crippen molar-refractivity contribution >= 4 is 17.6 Å². The highest BCUT2D eigenvalue weighted by atomic mass is 16.6. The number of rotatable bonds is 3. The van der Waals surface area contributed by atoms with Crippen LogP contribution in [0.5, 0.6) is 0 Å². The number of nitrogens with zero attached hydrogens (tertiary/aromatic N) is 5. The molecular formula is C25H30N6O2. The number of fused-ring (bicyclic) bond motifs is 2. The van der Waals surface area contributed by atoms with Gasteiger partial charge >= 0.3 is 6.09 Å². The molecule has 33 heavy (non-hydrogen) atoms. The van der Waals surface area contributed by atoms with Crippen LogP contribution in [0.4, 0.5) is 10.6 Å². The number of nitrogens with one attached hydrogen (secondary N) is 1. The van der Waals surface area contributed by atoms with E-state index < -0.39 is 0 Å². The van der Waals surface area contributed by atoms with Gasteiger partial charge in [0.05, 0.1) is 6.54 Å². The molecule has 0 bridgehead atoms. The quantitative estimate of drug-likeness (QED) is 0.664. The molecular weight excluding hydrogens is 416 g/mol. The molecule has 0 radical (unpaired) electrons. The van der Waals surface area contributed by atoms with Crippen LogP contribution >= 0.6 is 0 Å². The lowest BCUT2D eigenvalue weighted by Crippen LogP contribution is -2.47. The van der Waals surface area contributed by atoms with Gasteiger partial charge in [0, 0.05) is 44.7 Å². The van der Waals surface area contributed by atoms with Crippen LogP contribution in [-0.2, 0) is 23.0 Å². The third-order valence-electron chi connectivity index (χ3n) is 7.63. The number of carbonyl (C=O) groups is 1. The molecule has 1 aromatic carbocycles. The second kappa shape index (κ2) is 7.43. The smallest absolute Gasteiger partial charge is 0.407 e. The van der Waals surface area contributed by atoms with Gasteiger partial charge in [-0.3, -0.25) is 0 Å². The van der Waals surface area contributed by atoms with Crippen molar-refractivity contribution in [3.05, 3.63) is 53.1 Å². The lowest BCUT2D eigenvalue weighted by Gasteiger charge is -2.37. The van der Waals surface area contributed by atoms with Gasteiger partial charge in [-0.2, -0.15) is 5.10 Å². The van der Waals surface area contributed by atoms with Crippen molar-refractivity contribution in [3.63, 3.8) is 0 Å². The SMILES string of the molecule is CC1(C)CCCc2cc(Cc3nc4c(N5CCC6(CC5)CNC(=O)O6)nccn4n3)ccc21. The zero-order chi connectivity index (χ0) is 22.6. The summed E-state index contributed by atoms with van der Waals surface area (Å²) < 4.78 is 7.39. The number of ether oxygens (including phenoxy) is 1. The van der Waals surface area contributed by atoms with Gasteiger partial charge in [-0.15, -0.1) is 0 Å². The molecule has 2 aliphatic heterocycles. The van der Waals surface area contributed by atoms with E-state index in [1.807, 2.05) is 10.7 Å². The van der Waals surface area contributed by atoms with Gasteiger partial charge in [-0.25, -0.2) is 19.3 Å². The maximum atomic E-state index is 11.5. The first-order valence-electron chi connectivity index (χ1n) is 12.0. The Labute approximate surface area is 193 Å². The van der Waals surface area contributed by atoms with Crippen molar-refractivity contribution < 1.29 is 9.53 Å². The van der Waals surface area contributed by atoms with Crippen molar-refractivity contribution in [1.82, 2.24) is 24.9 Å². The third-order valence-corrected chi connectivity index (χ3v) is 7.63. The molecule has 0 unspecified atom stereocenters. The van der Waals surface area contributed by atoms with E-state index in [2.05, 4.69) is 47.2 Å². The molecule has 1 aliphatic carbocycles. The third kappa shape index (κ3) is 3.61. The van der Waals surface area contributed by atoms with Crippen LogP contribution in [0, 0.1) is 0 Å². The molecule has 6 rings (SSSR count). The molecule has 8 heteroatoms. The highest BCUT2D eigenvalue weighted by Crippen LogP contribution is 2.37. The van der Waals surface area contributed by atoms with Crippen molar-refractivity contribution in [1.29, 1.82) is 0 Å². The summed E-state index contributed by atoms with van der Waals surface area (Å²) in [4.78, 5) is 23.3. The Kier molecular flexibility index (Phi) is 4.61. The molecule has 3 aliphatic rings. The number of hydrogen-bond acceptors (Lipinski definition) is 6. The molecule has 8 nitrogen and oxygen atoms in total. The number of alkyl carbamates (subject to hydrolysis) is 1. The molecule has 2 fully saturated rings. The summed E-state index contributed by atoms with van der Waals surface area (Å²) >= 11 is 0. The van der Waals surface area contributed by atoms with E-state index in [9.17, 15) is 4.79 Å². The number of aryl methyl sites for hydroxylation is 1. The van der Waals surface area contributed by atoms with Crippen molar-refractivity contribution in [2.75, 3.05) is 24.5 Å². The van der Waals surface area contributed by atoms with Gasteiger partial charge in [-0.1, -0.05) is 32.0 Å². The van der Waals surface area contributed by atoms with E-state index in [0.29, 0.717) is 13.0 Å². The van der Waals surface area contributed by atoms with E-state index in [0.717, 1.165) is 49.6 Å². The van der Waals surface area contributed by atoms with Crippen LogP contribution < -0.4 is 10.2 Å². The predicted molar refractivity (Wildman–Crippen MR) is 125 cm³/mol. The molecule has 3 aromatic rings. The molecule has 2 aromatic heterocycles. The Morgan fingerprint density at radius 2 is 2.03 bits per heavy atom. The van der Waals surface area contributed by atoms with Crippen molar-refractivity contribution in [2.24, 2.45) is 0 Å². The van der Waals surface area contributed by atoms with Crippen LogP contribution in [-0.4, -0.2) is 50.9 Å². The number of anilines is 1. The predicted octanol–water partition coefficient (Wildman–Crippen LogP) is 3.41. The van der Waals surface area contributed by atoms with Gasteiger partial charge in [0.1, 0.15) is 5.60 Å². The van der Waals surface area contributed by atoms with E-state index in [-0.39, 0.29) is 17.1 Å². The van der Waals surface area contributed by atoms with Crippen LogP contribution in [0.3, 0.4) is 0 Å². The number of benzene rings is 1. The van der Waals surface area contributed by atoms with Crippen molar-refractivity contribution in [3.8, 4) is 0 Å². The summed E-state index contributed by atoms with van der Waals surface area (Å²) in [5.41, 5.74) is 4.88. The molecule has 0 atom stereocenters. The molecule has 1 amide bonds. The van der Waals surface area contributed by atoms with Crippen LogP contribution in [0.15, 0.2) is 30.6 Å². The zero-order valence-corrected chi connectivity index (χ0v) is 19.3. The summed E-state index contributed by atoms with van der Waals surface area (Å²) in [7, 11) is 0. The zero-order valence-electron chi connectivity index (χ0n) is 19.3. The Morgan fingerprint density at radius 1 is 1.18 bits per heavy atom. The minimum absolute atomic E-state index is 0.258. The lowest BCUT2D eigenvalue weighted by atomic mass is 9.72. The Bertz CT molecular complexity index is 1220. The number of hydrogen-bond donors (Lipinski definition) is 1. The summed E-state index contributed by atoms with van der Waals surface area (Å²) in [6, 6.07) is 6.89. The van der Waals surface area contributed by atoms with Crippen LogP contribution in [0.1, 0.15) is 62.0 Å². The maximum absolute atomic E-state index is 11.5. The Morgan fingerprint density at radius 3 is 2.82 bits per heavy atom. The van der Waals surface area contributed by atoms with E-state index in [4.69, 9.17) is 14.8 Å². The minimum Gasteiger partial charge on any atom is -0.441 e. The lowest BCUT2D eigenvalue weighted by molar-refractivity contribution is 0.0366. The topological polar surface area (TPSA) is 84.7 Å². The van der Waals surface area contributed by atoms with E-state index in [1.54, 1.807) is 6.20 Å². The second-order valence-electron chi connectivity index (χ2n) is 10.4. The summed E-state index contributed by atoms with van der Waals surface area (Å²) in [5, 5.41) is 7.54. The van der Waals surface area contributed by atoms with Gasteiger partial charge < -0.3 is 15.0 Å². The highest BCUT2D eigenvalue weighted by molar-refractivity contribution is 5.70. The molecule has 1 N–H and O–H groups in total. The van der Waals surface area contributed by atoms with E-state index >= 15 is 0 Å². The fourth-order valence-corrected chi connectivity index (χ4v) is 5.72. The van der Waals surface area contributed by atoms with Crippen LogP contribution in [0.2, 0.25) is 0 Å². The molecule has 1 spiro atoms. The van der Waals surface area contributed by atoms with Crippen molar-refractivity contribution in [2.45, 2.75) is 63.4 Å². The average molecular weight is 447 g/mol. The normalized spacial score (nSPS) is 21.2. The highest BCUT2D eigenvalue weighted by Gasteiger charge is 2.43. The Balaban J connectivity index is 1.23. The standard InChI is InChI=1S/C25H30N6O2/c1-24(2)7-3-4-18-14-17(5-6-19(18)24)15-20-28-22-21(26-10-13-31(22)29-20)30-11-8-25(9-12-30)16-27-23(32)33-25/h5-6,10,13-14H,3-4,7-9,11-12,15-16H2,1-2H3,(H,27,32). The first-order chi connectivity index (χ1) is 15.9. The minimum atomic E-state index is -0.376. The summed E-state index contributed by atoms with van der Waals surface area (Å²) in [6.45, 7) is 6.82. The number of aromatic nitrogens is 4. The van der Waals surface area contributed by atoms with Gasteiger partial charge in [-0.05, 0) is 41.4 Å². The van der Waals surface area contributed by atoms with Gasteiger partial charge in [0.25, 0.3) is 0 Å². The van der Waals surface area contributed by atoms with Gasteiger partial charge in [0.2, 0.25) is 0 Å². The second-order valence-corrected chi connectivity index (χ2v) is 10.4. The summed E-state index contributed by atoms with van der Waals surface area (Å²) in [5.74, 6) is 1.65. The first kappa shape index (κ1) is 20.4. The molecule has 0 saturated carbocycles. The average Bonchev–Trinajstić information content (AvgIpc) is 3.36. The molecule has 2 saturated heterocycles. The Hall–Kier alpha value is -3.16. The number of carbonyl (C=O) groups excluding carboxylic acids is 1. The maximum Gasteiger partial charge on any atom is 0.407 e. The fourth-order valence-electron chi connectivity index (χ4n) is 5.72. The van der Waals surface area contributed by atoms with Crippen LogP contribution in [0.25, 0.3) is 5.65 Å². The van der Waals surface area contributed by atoms with Gasteiger partial charge in [0.15, 0.2) is 17.3 Å². The monoisotopic (exact) mass is 446 g/mol. The van der Waals surface area contributed by atoms with E-state index in [1.165, 1.54) is 29.5 Å². The number of amides is 1. The first-order valence-corrected chi connectivity index (χ1v) is 12.0. The molecule has 4 heterocycles. The largest absolute Gasteiger partial charge is 0.441 e. The molecule has 172 valence electrons.